The minimum absolute atomic E-state index is 0.0797. The van der Waals surface area contributed by atoms with E-state index in [1.807, 2.05) is 0 Å². The Hall–Kier alpha value is -2.02. The van der Waals surface area contributed by atoms with Gasteiger partial charge in [0.25, 0.3) is 0 Å². The maximum absolute atomic E-state index is 10.7. The number of hydrogen-bond donors (Lipinski definition) is 2. The molecule has 0 fully saturated rings. The van der Waals surface area contributed by atoms with Crippen LogP contribution in [-0.2, 0) is 0 Å². The van der Waals surface area contributed by atoms with Crippen LogP contribution in [-0.4, -0.2) is 28.4 Å². The number of rotatable bonds is 3. The first-order valence-electron chi connectivity index (χ1n) is 4.80. The standard InChI is InChI=1S/C11H8BrNO5/c1-17-10-3-6(12)5(2-8(10)14)9-4-7(11(15)16)13-18-9/h2-4,14H,1H3,(H,15,16). The summed E-state index contributed by atoms with van der Waals surface area (Å²) in [5.74, 6) is -0.733. The van der Waals surface area contributed by atoms with Gasteiger partial charge in [0.1, 0.15) is 0 Å². The van der Waals surface area contributed by atoms with Crippen LogP contribution in [0.25, 0.3) is 11.3 Å². The normalized spacial score (nSPS) is 10.3. The van der Waals surface area contributed by atoms with E-state index in [0.29, 0.717) is 15.8 Å². The predicted molar refractivity (Wildman–Crippen MR) is 64.8 cm³/mol. The fraction of sp³-hybridized carbons (Fsp3) is 0.0909. The first-order chi connectivity index (χ1) is 8.52. The molecule has 0 aliphatic carbocycles. The number of carboxylic acid groups (broad SMARTS) is 1. The van der Waals surface area contributed by atoms with Gasteiger partial charge in [-0.05, 0) is 28.1 Å². The van der Waals surface area contributed by atoms with Gasteiger partial charge in [-0.2, -0.15) is 0 Å². The molecule has 1 aromatic heterocycles. The van der Waals surface area contributed by atoms with Gasteiger partial charge in [0.2, 0.25) is 0 Å². The molecule has 0 atom stereocenters. The van der Waals surface area contributed by atoms with Gasteiger partial charge in [0.15, 0.2) is 23.0 Å². The first kappa shape index (κ1) is 12.4. The molecule has 18 heavy (non-hydrogen) atoms. The van der Waals surface area contributed by atoms with Crippen molar-refractivity contribution in [2.24, 2.45) is 0 Å². The number of hydrogen-bond acceptors (Lipinski definition) is 5. The Morgan fingerprint density at radius 3 is 2.72 bits per heavy atom. The average molecular weight is 314 g/mol. The minimum atomic E-state index is -1.18. The lowest BCUT2D eigenvalue weighted by Gasteiger charge is -2.06. The molecule has 2 aromatic rings. The van der Waals surface area contributed by atoms with Crippen LogP contribution in [0.5, 0.6) is 11.5 Å². The summed E-state index contributed by atoms with van der Waals surface area (Å²) >= 11 is 3.28. The number of ether oxygens (including phenoxy) is 1. The van der Waals surface area contributed by atoms with E-state index >= 15 is 0 Å². The summed E-state index contributed by atoms with van der Waals surface area (Å²) in [5, 5.41) is 21.8. The van der Waals surface area contributed by atoms with Crippen LogP contribution in [0.15, 0.2) is 27.2 Å². The Morgan fingerprint density at radius 1 is 1.44 bits per heavy atom. The second kappa shape index (κ2) is 4.69. The van der Waals surface area contributed by atoms with Crippen LogP contribution < -0.4 is 4.74 Å². The summed E-state index contributed by atoms with van der Waals surface area (Å²) in [5.41, 5.74) is 0.278. The molecule has 7 heteroatoms. The molecule has 0 amide bonds. The molecule has 0 bridgehead atoms. The number of halogens is 1. The van der Waals surface area contributed by atoms with Gasteiger partial charge in [0, 0.05) is 16.1 Å². The highest BCUT2D eigenvalue weighted by Crippen LogP contribution is 2.37. The number of methoxy groups -OCH3 is 1. The Balaban J connectivity index is 2.50. The molecule has 0 radical (unpaired) electrons. The van der Waals surface area contributed by atoms with Crippen LogP contribution in [0, 0.1) is 0 Å². The molecule has 0 saturated carbocycles. The van der Waals surface area contributed by atoms with Gasteiger partial charge >= 0.3 is 5.97 Å². The van der Waals surface area contributed by atoms with Crippen molar-refractivity contribution in [3.8, 4) is 22.8 Å². The molecule has 1 heterocycles. The third-order valence-electron chi connectivity index (χ3n) is 2.26. The number of carboxylic acids is 1. The van der Waals surface area contributed by atoms with Crippen molar-refractivity contribution in [2.45, 2.75) is 0 Å². The zero-order valence-electron chi connectivity index (χ0n) is 9.18. The first-order valence-corrected chi connectivity index (χ1v) is 5.59. The monoisotopic (exact) mass is 313 g/mol. The molecule has 0 saturated heterocycles. The zero-order valence-corrected chi connectivity index (χ0v) is 10.8. The van der Waals surface area contributed by atoms with E-state index in [9.17, 15) is 9.90 Å². The summed E-state index contributed by atoms with van der Waals surface area (Å²) in [6.45, 7) is 0. The number of aromatic nitrogens is 1. The molecule has 0 spiro atoms. The Bertz CT molecular complexity index is 607. The van der Waals surface area contributed by atoms with Crippen LogP contribution in [0.3, 0.4) is 0 Å². The second-order valence-corrected chi connectivity index (χ2v) is 4.24. The maximum atomic E-state index is 10.7. The van der Waals surface area contributed by atoms with E-state index in [-0.39, 0.29) is 17.2 Å². The van der Waals surface area contributed by atoms with Crippen molar-refractivity contribution in [1.29, 1.82) is 0 Å². The van der Waals surface area contributed by atoms with E-state index < -0.39 is 5.97 Å². The Labute approximate surface area is 110 Å². The molecule has 94 valence electrons. The van der Waals surface area contributed by atoms with Crippen molar-refractivity contribution >= 4 is 21.9 Å². The van der Waals surface area contributed by atoms with Crippen LogP contribution in [0.1, 0.15) is 10.5 Å². The fourth-order valence-electron chi connectivity index (χ4n) is 1.40. The van der Waals surface area contributed by atoms with Crippen molar-refractivity contribution in [1.82, 2.24) is 5.16 Å². The van der Waals surface area contributed by atoms with E-state index in [2.05, 4.69) is 21.1 Å². The average Bonchev–Trinajstić information content (AvgIpc) is 2.81. The minimum Gasteiger partial charge on any atom is -0.504 e. The molecule has 6 nitrogen and oxygen atoms in total. The van der Waals surface area contributed by atoms with Crippen molar-refractivity contribution in [2.75, 3.05) is 7.11 Å². The summed E-state index contributed by atoms with van der Waals surface area (Å²) in [4.78, 5) is 10.7. The molecule has 1 aromatic carbocycles. The molecule has 0 aliphatic rings. The van der Waals surface area contributed by atoms with Gasteiger partial charge in [0.05, 0.1) is 7.11 Å². The van der Waals surface area contributed by atoms with Crippen molar-refractivity contribution in [3.05, 3.63) is 28.4 Å². The van der Waals surface area contributed by atoms with Gasteiger partial charge < -0.3 is 19.5 Å². The topological polar surface area (TPSA) is 92.8 Å². The number of carbonyl (C=O) groups is 1. The summed E-state index contributed by atoms with van der Waals surface area (Å²) < 4.78 is 10.4. The number of nitrogens with zero attached hydrogens (tertiary/aromatic N) is 1. The largest absolute Gasteiger partial charge is 0.504 e. The fourth-order valence-corrected chi connectivity index (χ4v) is 1.92. The van der Waals surface area contributed by atoms with E-state index in [1.54, 1.807) is 6.07 Å². The SMILES string of the molecule is COc1cc(Br)c(-c2cc(C(=O)O)no2)cc1O. The van der Waals surface area contributed by atoms with Gasteiger partial charge in [-0.25, -0.2) is 4.79 Å². The highest BCUT2D eigenvalue weighted by Gasteiger charge is 2.16. The van der Waals surface area contributed by atoms with Crippen LogP contribution in [0.2, 0.25) is 0 Å². The van der Waals surface area contributed by atoms with Gasteiger partial charge in [-0.3, -0.25) is 0 Å². The summed E-state index contributed by atoms with van der Waals surface area (Å²) in [6, 6.07) is 4.22. The van der Waals surface area contributed by atoms with E-state index in [1.165, 1.54) is 19.2 Å². The van der Waals surface area contributed by atoms with Gasteiger partial charge in [-0.1, -0.05) is 5.16 Å². The third-order valence-corrected chi connectivity index (χ3v) is 2.92. The molecule has 0 aliphatic heterocycles. The van der Waals surface area contributed by atoms with Crippen LogP contribution >= 0.6 is 15.9 Å². The van der Waals surface area contributed by atoms with Crippen LogP contribution in [0.4, 0.5) is 0 Å². The summed E-state index contributed by atoms with van der Waals surface area (Å²) in [7, 11) is 1.43. The Morgan fingerprint density at radius 2 is 2.17 bits per heavy atom. The van der Waals surface area contributed by atoms with Crippen molar-refractivity contribution in [3.63, 3.8) is 0 Å². The lowest BCUT2D eigenvalue weighted by atomic mass is 10.1. The predicted octanol–water partition coefficient (Wildman–Crippen LogP) is 2.52. The number of aromatic hydroxyl groups is 1. The highest BCUT2D eigenvalue weighted by molar-refractivity contribution is 9.10. The molecule has 0 unspecified atom stereocenters. The molecular formula is C11H8BrNO5. The highest BCUT2D eigenvalue weighted by atomic mass is 79.9. The van der Waals surface area contributed by atoms with Gasteiger partial charge in [-0.15, -0.1) is 0 Å². The molecule has 2 rings (SSSR count). The number of benzene rings is 1. The van der Waals surface area contributed by atoms with E-state index in [4.69, 9.17) is 14.4 Å². The lowest BCUT2D eigenvalue weighted by Crippen LogP contribution is -1.94. The number of aromatic carboxylic acids is 1. The molecular weight excluding hydrogens is 306 g/mol. The lowest BCUT2D eigenvalue weighted by molar-refractivity contribution is 0.0686. The van der Waals surface area contributed by atoms with Crippen molar-refractivity contribution < 1.29 is 24.3 Å². The smallest absolute Gasteiger partial charge is 0.358 e. The molecule has 2 N–H and O–H groups in total. The summed E-state index contributed by atoms with van der Waals surface area (Å²) in [6.07, 6.45) is 0. The Kier molecular flexibility index (Phi) is 3.24. The quantitative estimate of drug-likeness (QED) is 0.904. The zero-order chi connectivity index (χ0) is 13.3. The maximum Gasteiger partial charge on any atom is 0.358 e. The second-order valence-electron chi connectivity index (χ2n) is 3.39. The number of phenols is 1. The third kappa shape index (κ3) is 2.17. The number of phenolic OH excluding ortho intramolecular Hbond substituents is 1. The van der Waals surface area contributed by atoms with E-state index in [0.717, 1.165) is 0 Å².